The first-order valence-corrected chi connectivity index (χ1v) is 8.05. The number of benzene rings is 1. The van der Waals surface area contributed by atoms with E-state index < -0.39 is 0 Å². The molecule has 0 unspecified atom stereocenters. The Balaban J connectivity index is 1.75. The summed E-state index contributed by atoms with van der Waals surface area (Å²) < 4.78 is 8.96. The van der Waals surface area contributed by atoms with Gasteiger partial charge in [0.05, 0.1) is 23.2 Å². The summed E-state index contributed by atoms with van der Waals surface area (Å²) in [5.74, 6) is 0.0758. The highest BCUT2D eigenvalue weighted by Gasteiger charge is 2.25. The maximum absolute atomic E-state index is 12.5. The van der Waals surface area contributed by atoms with Gasteiger partial charge >= 0.3 is 5.69 Å². The van der Waals surface area contributed by atoms with Crippen molar-refractivity contribution in [1.29, 1.82) is 0 Å². The number of carbonyl (C=O) groups is 1. The average molecular weight is 317 g/mol. The number of imidazole rings is 1. The van der Waals surface area contributed by atoms with Gasteiger partial charge in [-0.25, -0.2) is 4.79 Å². The van der Waals surface area contributed by atoms with E-state index in [-0.39, 0.29) is 23.8 Å². The van der Waals surface area contributed by atoms with Crippen molar-refractivity contribution >= 4 is 16.9 Å². The first kappa shape index (κ1) is 15.8. The van der Waals surface area contributed by atoms with Gasteiger partial charge in [0.2, 0.25) is 5.91 Å². The number of rotatable bonds is 3. The zero-order chi connectivity index (χ0) is 16.6. The number of aryl methyl sites for hydroxylation is 2. The van der Waals surface area contributed by atoms with Crippen molar-refractivity contribution < 1.29 is 9.53 Å². The topological polar surface area (TPSA) is 56.5 Å². The molecule has 2 aromatic rings. The summed E-state index contributed by atoms with van der Waals surface area (Å²) >= 11 is 0. The summed E-state index contributed by atoms with van der Waals surface area (Å²) in [6, 6.07) is 7.65. The molecule has 1 aliphatic rings. The second kappa shape index (κ2) is 6.20. The molecule has 124 valence electrons. The molecule has 2 atom stereocenters. The lowest BCUT2D eigenvalue weighted by Crippen LogP contribution is -2.48. The number of para-hydroxylation sites is 2. The molecule has 1 amide bonds. The van der Waals surface area contributed by atoms with Gasteiger partial charge in [-0.15, -0.1) is 0 Å². The Hall–Kier alpha value is -2.08. The zero-order valence-corrected chi connectivity index (χ0v) is 13.9. The fourth-order valence-electron chi connectivity index (χ4n) is 3.33. The van der Waals surface area contributed by atoms with Crippen LogP contribution in [0.5, 0.6) is 0 Å². The van der Waals surface area contributed by atoms with E-state index in [2.05, 4.69) is 0 Å². The third kappa shape index (κ3) is 3.03. The first-order valence-electron chi connectivity index (χ1n) is 8.05. The zero-order valence-electron chi connectivity index (χ0n) is 13.9. The highest BCUT2D eigenvalue weighted by molar-refractivity contribution is 5.78. The third-order valence-corrected chi connectivity index (χ3v) is 4.37. The normalized spacial score (nSPS) is 21.8. The lowest BCUT2D eigenvalue weighted by Gasteiger charge is -2.35. The number of nitrogens with zero attached hydrogens (tertiary/aromatic N) is 3. The minimum atomic E-state index is -0.0808. The van der Waals surface area contributed by atoms with Crippen LogP contribution in [0, 0.1) is 0 Å². The van der Waals surface area contributed by atoms with E-state index in [9.17, 15) is 9.59 Å². The predicted octanol–water partition coefficient (Wildman–Crippen LogP) is 1.37. The van der Waals surface area contributed by atoms with Crippen LogP contribution in [0.25, 0.3) is 11.0 Å². The molecule has 1 fully saturated rings. The summed E-state index contributed by atoms with van der Waals surface area (Å²) in [6.45, 7) is 5.59. The second-order valence-electron chi connectivity index (χ2n) is 6.29. The number of amides is 1. The van der Waals surface area contributed by atoms with Crippen molar-refractivity contribution in [1.82, 2.24) is 14.0 Å². The van der Waals surface area contributed by atoms with Crippen molar-refractivity contribution in [3.05, 3.63) is 34.7 Å². The van der Waals surface area contributed by atoms with Crippen molar-refractivity contribution in [2.45, 2.75) is 39.0 Å². The molecule has 2 heterocycles. The van der Waals surface area contributed by atoms with Crippen LogP contribution in [-0.4, -0.2) is 45.2 Å². The Morgan fingerprint density at radius 3 is 2.43 bits per heavy atom. The Kier molecular flexibility index (Phi) is 4.26. The number of carbonyl (C=O) groups excluding carboxylic acids is 1. The standard InChI is InChI=1S/C17H23N3O3/c1-12-10-19(11-13(2)23-12)16(21)8-9-20-15-7-5-4-6-14(15)18(3)17(20)22/h4-7,12-13H,8-11H2,1-3H3/t12-,13-/m1/s1. The van der Waals surface area contributed by atoms with E-state index in [4.69, 9.17) is 4.74 Å². The predicted molar refractivity (Wildman–Crippen MR) is 88.4 cm³/mol. The van der Waals surface area contributed by atoms with Gasteiger partial charge in [-0.05, 0) is 26.0 Å². The molecule has 0 bridgehead atoms. The number of ether oxygens (including phenoxy) is 1. The maximum Gasteiger partial charge on any atom is 0.328 e. The van der Waals surface area contributed by atoms with Crippen LogP contribution in [0.1, 0.15) is 20.3 Å². The SMILES string of the molecule is C[C@@H]1CN(C(=O)CCn2c(=O)n(C)c3ccccc32)C[C@@H](C)O1. The van der Waals surface area contributed by atoms with Gasteiger partial charge in [0.1, 0.15) is 0 Å². The van der Waals surface area contributed by atoms with E-state index in [1.807, 2.05) is 43.0 Å². The summed E-state index contributed by atoms with van der Waals surface area (Å²) in [5.41, 5.74) is 1.68. The molecule has 0 saturated carbocycles. The van der Waals surface area contributed by atoms with Crippen molar-refractivity contribution in [3.8, 4) is 0 Å². The lowest BCUT2D eigenvalue weighted by atomic mass is 10.2. The van der Waals surface area contributed by atoms with Gasteiger partial charge in [-0.1, -0.05) is 12.1 Å². The summed E-state index contributed by atoms with van der Waals surface area (Å²) in [6.07, 6.45) is 0.443. The van der Waals surface area contributed by atoms with Gasteiger partial charge in [0.25, 0.3) is 0 Å². The largest absolute Gasteiger partial charge is 0.372 e. The van der Waals surface area contributed by atoms with Crippen LogP contribution < -0.4 is 5.69 Å². The Morgan fingerprint density at radius 1 is 1.17 bits per heavy atom. The van der Waals surface area contributed by atoms with E-state index in [1.54, 1.807) is 16.2 Å². The molecule has 1 aromatic carbocycles. The van der Waals surface area contributed by atoms with Gasteiger partial charge in [-0.3, -0.25) is 13.9 Å². The van der Waals surface area contributed by atoms with Gasteiger partial charge < -0.3 is 9.64 Å². The van der Waals surface area contributed by atoms with E-state index in [0.29, 0.717) is 26.1 Å². The number of aromatic nitrogens is 2. The molecule has 0 spiro atoms. The summed E-state index contributed by atoms with van der Waals surface area (Å²) in [5, 5.41) is 0. The van der Waals surface area contributed by atoms with Crippen LogP contribution in [0.3, 0.4) is 0 Å². The van der Waals surface area contributed by atoms with Crippen LogP contribution in [-0.2, 0) is 23.1 Å². The molecule has 0 aliphatic carbocycles. The molecule has 6 nitrogen and oxygen atoms in total. The van der Waals surface area contributed by atoms with Crippen molar-refractivity contribution in [2.24, 2.45) is 7.05 Å². The summed E-state index contributed by atoms with van der Waals surface area (Å²) in [7, 11) is 1.76. The highest BCUT2D eigenvalue weighted by atomic mass is 16.5. The van der Waals surface area contributed by atoms with Crippen LogP contribution in [0.2, 0.25) is 0 Å². The molecule has 3 rings (SSSR count). The molecule has 0 radical (unpaired) electrons. The molecular formula is C17H23N3O3. The Bertz CT molecular complexity index is 767. The molecule has 1 saturated heterocycles. The number of morpholine rings is 1. The van der Waals surface area contributed by atoms with Crippen molar-refractivity contribution in [2.75, 3.05) is 13.1 Å². The monoisotopic (exact) mass is 317 g/mol. The van der Waals surface area contributed by atoms with E-state index >= 15 is 0 Å². The quantitative estimate of drug-likeness (QED) is 0.859. The van der Waals surface area contributed by atoms with E-state index in [0.717, 1.165) is 11.0 Å². The molecule has 1 aromatic heterocycles. The second-order valence-corrected chi connectivity index (χ2v) is 6.29. The first-order chi connectivity index (χ1) is 11.0. The molecule has 0 N–H and O–H groups in total. The van der Waals surface area contributed by atoms with Crippen LogP contribution in [0.15, 0.2) is 29.1 Å². The van der Waals surface area contributed by atoms with Crippen LogP contribution in [0.4, 0.5) is 0 Å². The van der Waals surface area contributed by atoms with Gasteiger partial charge in [0.15, 0.2) is 0 Å². The number of fused-ring (bicyclic) bond motifs is 1. The van der Waals surface area contributed by atoms with Gasteiger partial charge in [0, 0.05) is 33.1 Å². The Morgan fingerprint density at radius 2 is 1.78 bits per heavy atom. The molecule has 6 heteroatoms. The molecular weight excluding hydrogens is 294 g/mol. The lowest BCUT2D eigenvalue weighted by molar-refractivity contribution is -0.143. The minimum absolute atomic E-state index is 0.0583. The van der Waals surface area contributed by atoms with Crippen LogP contribution >= 0.6 is 0 Å². The molecule has 23 heavy (non-hydrogen) atoms. The van der Waals surface area contributed by atoms with E-state index in [1.165, 1.54) is 0 Å². The van der Waals surface area contributed by atoms with Gasteiger partial charge in [-0.2, -0.15) is 0 Å². The fourth-order valence-corrected chi connectivity index (χ4v) is 3.33. The molecule has 1 aliphatic heterocycles. The minimum Gasteiger partial charge on any atom is -0.372 e. The third-order valence-electron chi connectivity index (χ3n) is 4.37. The Labute approximate surface area is 135 Å². The fraction of sp³-hybridized carbons (Fsp3) is 0.529. The van der Waals surface area contributed by atoms with Crippen molar-refractivity contribution in [3.63, 3.8) is 0 Å². The average Bonchev–Trinajstić information content (AvgIpc) is 2.76. The number of hydrogen-bond acceptors (Lipinski definition) is 3. The number of hydrogen-bond donors (Lipinski definition) is 0. The summed E-state index contributed by atoms with van der Waals surface area (Å²) in [4.78, 5) is 26.7. The maximum atomic E-state index is 12.5. The smallest absolute Gasteiger partial charge is 0.328 e. The highest BCUT2D eigenvalue weighted by Crippen LogP contribution is 2.14.